The van der Waals surface area contributed by atoms with Gasteiger partial charge < -0.3 is 5.32 Å². The van der Waals surface area contributed by atoms with Crippen LogP contribution < -0.4 is 5.32 Å². The lowest BCUT2D eigenvalue weighted by Crippen LogP contribution is -2.35. The number of carbonyl (C=O) groups is 1. The van der Waals surface area contributed by atoms with Crippen LogP contribution in [0, 0.1) is 5.92 Å². The van der Waals surface area contributed by atoms with E-state index < -0.39 is 11.4 Å². The molecule has 0 aliphatic heterocycles. The van der Waals surface area contributed by atoms with Crippen molar-refractivity contribution in [2.45, 2.75) is 18.7 Å². The van der Waals surface area contributed by atoms with Crippen molar-refractivity contribution in [1.82, 2.24) is 5.32 Å². The van der Waals surface area contributed by atoms with Crippen LogP contribution in [0.4, 0.5) is 8.78 Å². The third-order valence-electron chi connectivity index (χ3n) is 0.987. The van der Waals surface area contributed by atoms with Gasteiger partial charge in [0.15, 0.2) is 0 Å². The van der Waals surface area contributed by atoms with Gasteiger partial charge in [-0.2, -0.15) is 8.78 Å². The number of carbonyl (C=O) groups excluding carboxylic acids is 1. The van der Waals surface area contributed by atoms with Crippen LogP contribution in [0.2, 0.25) is 0 Å². The lowest BCUT2D eigenvalue weighted by Gasteiger charge is -2.10. The van der Waals surface area contributed by atoms with Gasteiger partial charge in [0.25, 0.3) is 0 Å². The zero-order valence-electron chi connectivity index (χ0n) is 6.33. The molecule has 0 bridgehead atoms. The highest BCUT2D eigenvalue weighted by atomic mass is 79.9. The smallest absolute Gasteiger partial charge is 0.318 e. The molecule has 0 spiro atoms. The molecule has 0 heterocycles. The summed E-state index contributed by atoms with van der Waals surface area (Å²) in [5, 5.41) is 2.09. The molecular weight excluding hydrogens is 220 g/mol. The normalized spacial score (nSPS) is 11.8. The van der Waals surface area contributed by atoms with Gasteiger partial charge in [-0.25, -0.2) is 0 Å². The summed E-state index contributed by atoms with van der Waals surface area (Å²) in [6.07, 6.45) is 0. The second kappa shape index (κ2) is 3.99. The van der Waals surface area contributed by atoms with Gasteiger partial charge in [-0.3, -0.25) is 4.79 Å². The Bertz CT molecular complexity index is 144. The molecule has 0 saturated heterocycles. The van der Waals surface area contributed by atoms with E-state index in [1.54, 1.807) is 13.8 Å². The molecule has 11 heavy (non-hydrogen) atoms. The Morgan fingerprint density at radius 2 is 2.09 bits per heavy atom. The van der Waals surface area contributed by atoms with Crippen LogP contribution >= 0.6 is 15.9 Å². The maximum absolute atomic E-state index is 12.0. The summed E-state index contributed by atoms with van der Waals surface area (Å²) in [5.74, 6) is -0.631. The van der Waals surface area contributed by atoms with E-state index in [9.17, 15) is 13.6 Å². The fourth-order valence-corrected chi connectivity index (χ4v) is 0.532. The summed E-state index contributed by atoms with van der Waals surface area (Å²) in [7, 11) is 0. The van der Waals surface area contributed by atoms with Crippen LogP contribution in [-0.4, -0.2) is 17.3 Å². The molecule has 0 rings (SSSR count). The Morgan fingerprint density at radius 3 is 2.36 bits per heavy atom. The maximum Gasteiger partial charge on any atom is 0.318 e. The average molecular weight is 230 g/mol. The Kier molecular flexibility index (Phi) is 3.92. The molecule has 0 fully saturated rings. The molecule has 0 aromatic carbocycles. The SMILES string of the molecule is CC(C)C(=O)NCC(F)(F)Br. The van der Waals surface area contributed by atoms with E-state index in [4.69, 9.17) is 0 Å². The molecule has 0 aromatic heterocycles. The summed E-state index contributed by atoms with van der Waals surface area (Å²) in [6, 6.07) is 0. The van der Waals surface area contributed by atoms with E-state index in [1.165, 1.54) is 0 Å². The van der Waals surface area contributed by atoms with Crippen LogP contribution in [0.5, 0.6) is 0 Å². The number of halogens is 3. The van der Waals surface area contributed by atoms with Crippen molar-refractivity contribution >= 4 is 21.8 Å². The Labute approximate surface area is 72.5 Å². The first-order valence-corrected chi connectivity index (χ1v) is 3.96. The minimum atomic E-state index is -3.00. The predicted octanol–water partition coefficient (Wildman–Crippen LogP) is 1.75. The molecule has 0 unspecified atom stereocenters. The third kappa shape index (κ3) is 6.22. The summed E-state index contributed by atoms with van der Waals surface area (Å²) in [6.45, 7) is 2.62. The number of nitrogens with one attached hydrogen (secondary N) is 1. The fraction of sp³-hybridized carbons (Fsp3) is 0.833. The van der Waals surface area contributed by atoms with Crippen LogP contribution in [0.15, 0.2) is 0 Å². The van der Waals surface area contributed by atoms with Crippen LogP contribution in [-0.2, 0) is 4.79 Å². The summed E-state index contributed by atoms with van der Waals surface area (Å²) in [5.41, 5.74) is 0. The largest absolute Gasteiger partial charge is 0.349 e. The highest BCUT2D eigenvalue weighted by Gasteiger charge is 2.24. The standard InChI is InChI=1S/C6H10BrF2NO/c1-4(2)5(11)10-3-6(7,8)9/h4H,3H2,1-2H3,(H,10,11). The molecule has 5 heteroatoms. The first-order chi connectivity index (χ1) is 4.83. The van der Waals surface area contributed by atoms with Crippen LogP contribution in [0.3, 0.4) is 0 Å². The second-order valence-corrected chi connectivity index (χ2v) is 3.65. The molecule has 1 amide bonds. The van der Waals surface area contributed by atoms with E-state index in [2.05, 4.69) is 21.2 Å². The molecule has 0 aliphatic rings. The topological polar surface area (TPSA) is 29.1 Å². The second-order valence-electron chi connectivity index (χ2n) is 2.49. The summed E-state index contributed by atoms with van der Waals surface area (Å²) in [4.78, 5) is 7.72. The van der Waals surface area contributed by atoms with Crippen molar-refractivity contribution in [1.29, 1.82) is 0 Å². The van der Waals surface area contributed by atoms with Gasteiger partial charge in [-0.1, -0.05) is 13.8 Å². The van der Waals surface area contributed by atoms with Gasteiger partial charge in [-0.15, -0.1) is 0 Å². The van der Waals surface area contributed by atoms with E-state index in [-0.39, 0.29) is 11.8 Å². The van der Waals surface area contributed by atoms with Crippen molar-refractivity contribution in [2.75, 3.05) is 6.54 Å². The van der Waals surface area contributed by atoms with Crippen molar-refractivity contribution in [3.8, 4) is 0 Å². The first-order valence-electron chi connectivity index (χ1n) is 3.17. The molecular formula is C6H10BrF2NO. The van der Waals surface area contributed by atoms with Gasteiger partial charge >= 0.3 is 4.83 Å². The fourth-order valence-electron chi connectivity index (χ4n) is 0.391. The number of alkyl halides is 3. The number of hydrogen-bond donors (Lipinski definition) is 1. The van der Waals surface area contributed by atoms with Crippen LogP contribution in [0.1, 0.15) is 13.8 Å². The van der Waals surface area contributed by atoms with Crippen molar-refractivity contribution in [3.05, 3.63) is 0 Å². The molecule has 0 radical (unpaired) electrons. The number of hydrogen-bond acceptors (Lipinski definition) is 1. The molecule has 0 saturated carbocycles. The molecule has 66 valence electrons. The minimum Gasteiger partial charge on any atom is -0.349 e. The number of amides is 1. The maximum atomic E-state index is 12.0. The van der Waals surface area contributed by atoms with Crippen LogP contribution in [0.25, 0.3) is 0 Å². The first kappa shape index (κ1) is 10.8. The van der Waals surface area contributed by atoms with Gasteiger partial charge in [0.2, 0.25) is 5.91 Å². The quantitative estimate of drug-likeness (QED) is 0.735. The van der Waals surface area contributed by atoms with E-state index in [0.717, 1.165) is 0 Å². The minimum absolute atomic E-state index is 0.259. The molecule has 0 aromatic rings. The zero-order chi connectivity index (χ0) is 9.07. The Balaban J connectivity index is 3.64. The Morgan fingerprint density at radius 1 is 1.64 bits per heavy atom. The predicted molar refractivity (Wildman–Crippen MR) is 41.7 cm³/mol. The van der Waals surface area contributed by atoms with Crippen molar-refractivity contribution in [3.63, 3.8) is 0 Å². The molecule has 2 nitrogen and oxygen atoms in total. The van der Waals surface area contributed by atoms with Gasteiger partial charge in [0.1, 0.15) is 0 Å². The van der Waals surface area contributed by atoms with Gasteiger partial charge in [0, 0.05) is 5.92 Å². The average Bonchev–Trinajstić information content (AvgIpc) is 1.80. The zero-order valence-corrected chi connectivity index (χ0v) is 7.91. The lowest BCUT2D eigenvalue weighted by molar-refractivity contribution is -0.124. The molecule has 1 N–H and O–H groups in total. The van der Waals surface area contributed by atoms with E-state index in [1.807, 2.05) is 0 Å². The van der Waals surface area contributed by atoms with Crippen molar-refractivity contribution in [2.24, 2.45) is 5.92 Å². The monoisotopic (exact) mass is 229 g/mol. The van der Waals surface area contributed by atoms with E-state index in [0.29, 0.717) is 0 Å². The molecule has 0 aliphatic carbocycles. The Hall–Kier alpha value is -0.190. The van der Waals surface area contributed by atoms with Crippen molar-refractivity contribution < 1.29 is 13.6 Å². The molecule has 0 atom stereocenters. The number of rotatable bonds is 3. The lowest BCUT2D eigenvalue weighted by atomic mass is 10.2. The highest BCUT2D eigenvalue weighted by Crippen LogP contribution is 2.19. The summed E-state index contributed by atoms with van der Waals surface area (Å²) < 4.78 is 24.1. The van der Waals surface area contributed by atoms with Gasteiger partial charge in [0.05, 0.1) is 6.54 Å². The van der Waals surface area contributed by atoms with Gasteiger partial charge in [-0.05, 0) is 15.9 Å². The summed E-state index contributed by atoms with van der Waals surface area (Å²) >= 11 is 2.11. The van der Waals surface area contributed by atoms with E-state index >= 15 is 0 Å². The highest BCUT2D eigenvalue weighted by molar-refractivity contribution is 9.10. The third-order valence-corrected chi connectivity index (χ3v) is 1.27.